The lowest BCUT2D eigenvalue weighted by molar-refractivity contribution is -0.116. The van der Waals surface area contributed by atoms with Crippen molar-refractivity contribution in [1.29, 1.82) is 0 Å². The van der Waals surface area contributed by atoms with E-state index in [-0.39, 0.29) is 11.5 Å². The Morgan fingerprint density at radius 2 is 1.85 bits per heavy atom. The van der Waals surface area contributed by atoms with E-state index >= 15 is 0 Å². The maximum Gasteiger partial charge on any atom is 0.266 e. The molecule has 3 aromatic rings. The van der Waals surface area contributed by atoms with Crippen LogP contribution in [0.25, 0.3) is 11.3 Å². The van der Waals surface area contributed by atoms with Crippen molar-refractivity contribution in [3.05, 3.63) is 76.3 Å². The van der Waals surface area contributed by atoms with Crippen molar-refractivity contribution in [2.45, 2.75) is 33.2 Å². The van der Waals surface area contributed by atoms with E-state index in [0.29, 0.717) is 25.1 Å². The summed E-state index contributed by atoms with van der Waals surface area (Å²) in [6, 6.07) is 12.8. The van der Waals surface area contributed by atoms with Crippen molar-refractivity contribution in [2.75, 3.05) is 5.32 Å². The normalized spacial score (nSPS) is 10.6. The van der Waals surface area contributed by atoms with Gasteiger partial charge in [0.05, 0.1) is 5.69 Å². The zero-order chi connectivity index (χ0) is 19.2. The summed E-state index contributed by atoms with van der Waals surface area (Å²) in [4.78, 5) is 28.2. The van der Waals surface area contributed by atoms with Crippen molar-refractivity contribution < 1.29 is 4.79 Å². The number of anilines is 1. The smallest absolute Gasteiger partial charge is 0.266 e. The van der Waals surface area contributed by atoms with Crippen LogP contribution in [0.1, 0.15) is 24.0 Å². The highest BCUT2D eigenvalue weighted by Crippen LogP contribution is 2.16. The highest BCUT2D eigenvalue weighted by molar-refractivity contribution is 5.91. The molecular formula is C21H22N4O2. The first kappa shape index (κ1) is 18.5. The zero-order valence-corrected chi connectivity index (χ0v) is 15.5. The molecule has 3 rings (SSSR count). The van der Waals surface area contributed by atoms with Gasteiger partial charge in [0.1, 0.15) is 0 Å². The number of hydrogen-bond acceptors (Lipinski definition) is 4. The van der Waals surface area contributed by atoms with Gasteiger partial charge >= 0.3 is 0 Å². The Balaban J connectivity index is 1.60. The number of aryl methyl sites for hydroxylation is 3. The average molecular weight is 362 g/mol. The fourth-order valence-corrected chi connectivity index (χ4v) is 2.84. The second kappa shape index (κ2) is 8.40. The van der Waals surface area contributed by atoms with E-state index in [0.717, 1.165) is 22.4 Å². The molecule has 0 aliphatic carbocycles. The lowest BCUT2D eigenvalue weighted by Crippen LogP contribution is -2.23. The number of aromatic nitrogens is 3. The second-order valence-corrected chi connectivity index (χ2v) is 6.49. The van der Waals surface area contributed by atoms with Gasteiger partial charge in [-0.2, -0.15) is 5.10 Å². The number of rotatable bonds is 6. The van der Waals surface area contributed by atoms with Gasteiger partial charge in [-0.15, -0.1) is 0 Å². The Kier molecular flexibility index (Phi) is 5.76. The fraction of sp³-hybridized carbons (Fsp3) is 0.238. The first-order valence-electron chi connectivity index (χ1n) is 8.88. The van der Waals surface area contributed by atoms with E-state index in [2.05, 4.69) is 15.4 Å². The third-order valence-corrected chi connectivity index (χ3v) is 4.27. The quantitative estimate of drug-likeness (QED) is 0.730. The maximum absolute atomic E-state index is 12.2. The molecular weight excluding hydrogens is 340 g/mol. The van der Waals surface area contributed by atoms with Crippen LogP contribution < -0.4 is 10.9 Å². The van der Waals surface area contributed by atoms with Gasteiger partial charge in [-0.05, 0) is 50.1 Å². The van der Waals surface area contributed by atoms with E-state index in [4.69, 9.17) is 0 Å². The van der Waals surface area contributed by atoms with Crippen LogP contribution in [0.3, 0.4) is 0 Å². The van der Waals surface area contributed by atoms with Crippen LogP contribution in [0, 0.1) is 13.8 Å². The summed E-state index contributed by atoms with van der Waals surface area (Å²) in [5.41, 5.74) is 4.43. The second-order valence-electron chi connectivity index (χ2n) is 6.49. The molecule has 27 heavy (non-hydrogen) atoms. The Morgan fingerprint density at radius 3 is 2.59 bits per heavy atom. The van der Waals surface area contributed by atoms with Gasteiger partial charge < -0.3 is 5.32 Å². The Bertz CT molecular complexity index is 997. The lowest BCUT2D eigenvalue weighted by Gasteiger charge is -2.10. The van der Waals surface area contributed by atoms with Crippen LogP contribution in [-0.2, 0) is 11.3 Å². The molecule has 0 saturated carbocycles. The van der Waals surface area contributed by atoms with Gasteiger partial charge in [-0.1, -0.05) is 17.7 Å². The molecule has 0 aliphatic heterocycles. The molecule has 0 spiro atoms. The van der Waals surface area contributed by atoms with Gasteiger partial charge in [0, 0.05) is 42.7 Å². The van der Waals surface area contributed by atoms with Crippen LogP contribution in [0.4, 0.5) is 5.69 Å². The minimum atomic E-state index is -0.178. The van der Waals surface area contributed by atoms with Crippen molar-refractivity contribution >= 4 is 11.6 Å². The van der Waals surface area contributed by atoms with Gasteiger partial charge in [0.2, 0.25) is 5.91 Å². The predicted molar refractivity (Wildman–Crippen MR) is 106 cm³/mol. The average Bonchev–Trinajstić information content (AvgIpc) is 2.66. The van der Waals surface area contributed by atoms with Crippen LogP contribution in [0.15, 0.2) is 59.7 Å². The van der Waals surface area contributed by atoms with Crippen molar-refractivity contribution in [1.82, 2.24) is 14.8 Å². The summed E-state index contributed by atoms with van der Waals surface area (Å²) in [7, 11) is 0. The van der Waals surface area contributed by atoms with Gasteiger partial charge in [-0.3, -0.25) is 14.6 Å². The van der Waals surface area contributed by atoms with E-state index < -0.39 is 0 Å². The number of amides is 1. The molecule has 138 valence electrons. The monoisotopic (exact) mass is 362 g/mol. The molecule has 0 aliphatic rings. The molecule has 0 unspecified atom stereocenters. The van der Waals surface area contributed by atoms with Crippen LogP contribution in [-0.4, -0.2) is 20.7 Å². The lowest BCUT2D eigenvalue weighted by atomic mass is 10.1. The third-order valence-electron chi connectivity index (χ3n) is 4.27. The standard InChI is InChI=1S/C21H22N4O2/c1-15-5-6-18(16(2)14-15)23-20(26)4-3-13-25-21(27)8-7-19(24-25)17-9-11-22-12-10-17/h5-12,14H,3-4,13H2,1-2H3,(H,23,26). The Morgan fingerprint density at radius 1 is 1.07 bits per heavy atom. The molecule has 2 heterocycles. The first-order chi connectivity index (χ1) is 13.0. The van der Waals surface area contributed by atoms with Crippen LogP contribution >= 0.6 is 0 Å². The van der Waals surface area contributed by atoms with Crippen LogP contribution in [0.2, 0.25) is 0 Å². The first-order valence-corrected chi connectivity index (χ1v) is 8.88. The van der Waals surface area contributed by atoms with E-state index in [1.807, 2.05) is 44.2 Å². The zero-order valence-electron chi connectivity index (χ0n) is 15.5. The minimum Gasteiger partial charge on any atom is -0.326 e. The van der Waals surface area contributed by atoms with Crippen molar-refractivity contribution in [3.63, 3.8) is 0 Å². The van der Waals surface area contributed by atoms with Crippen molar-refractivity contribution in [2.24, 2.45) is 0 Å². The molecule has 1 aromatic carbocycles. The van der Waals surface area contributed by atoms with E-state index in [9.17, 15) is 9.59 Å². The van der Waals surface area contributed by atoms with Gasteiger partial charge in [0.25, 0.3) is 5.56 Å². The highest BCUT2D eigenvalue weighted by Gasteiger charge is 2.07. The molecule has 0 atom stereocenters. The SMILES string of the molecule is Cc1ccc(NC(=O)CCCn2nc(-c3ccncc3)ccc2=O)c(C)c1. The van der Waals surface area contributed by atoms with E-state index in [1.165, 1.54) is 10.7 Å². The summed E-state index contributed by atoms with van der Waals surface area (Å²) in [6.07, 6.45) is 4.22. The topological polar surface area (TPSA) is 76.9 Å². The summed E-state index contributed by atoms with van der Waals surface area (Å²) < 4.78 is 1.40. The molecule has 0 saturated heterocycles. The maximum atomic E-state index is 12.2. The van der Waals surface area contributed by atoms with Gasteiger partial charge in [-0.25, -0.2) is 4.68 Å². The molecule has 0 bridgehead atoms. The summed E-state index contributed by atoms with van der Waals surface area (Å²) in [6.45, 7) is 4.37. The number of nitrogens with one attached hydrogen (secondary N) is 1. The van der Waals surface area contributed by atoms with Gasteiger partial charge in [0.15, 0.2) is 0 Å². The molecule has 0 fully saturated rings. The number of hydrogen-bond donors (Lipinski definition) is 1. The van der Waals surface area contributed by atoms with E-state index in [1.54, 1.807) is 18.5 Å². The Hall–Kier alpha value is -3.28. The third kappa shape index (κ3) is 4.88. The Labute approximate surface area is 157 Å². The minimum absolute atomic E-state index is 0.0692. The number of carbonyl (C=O) groups excluding carboxylic acids is 1. The number of pyridine rings is 1. The molecule has 1 amide bonds. The molecule has 0 radical (unpaired) electrons. The number of nitrogens with zero attached hydrogens (tertiary/aromatic N) is 3. The molecule has 2 aromatic heterocycles. The molecule has 6 heteroatoms. The molecule has 6 nitrogen and oxygen atoms in total. The largest absolute Gasteiger partial charge is 0.326 e. The van der Waals surface area contributed by atoms with Crippen LogP contribution in [0.5, 0.6) is 0 Å². The molecule has 1 N–H and O–H groups in total. The summed E-state index contributed by atoms with van der Waals surface area (Å²) in [5, 5.41) is 7.31. The van der Waals surface area contributed by atoms with Crippen molar-refractivity contribution in [3.8, 4) is 11.3 Å². The number of carbonyl (C=O) groups is 1. The summed E-state index contributed by atoms with van der Waals surface area (Å²) >= 11 is 0. The predicted octanol–water partition coefficient (Wildman–Crippen LogP) is 3.34. The fourth-order valence-electron chi connectivity index (χ4n) is 2.84. The highest BCUT2D eigenvalue weighted by atomic mass is 16.1. The number of benzene rings is 1. The summed E-state index contributed by atoms with van der Waals surface area (Å²) in [5.74, 6) is -0.0692.